The van der Waals surface area contributed by atoms with Crippen LogP contribution >= 0.6 is 0 Å². The number of carboxylic acids is 1. The van der Waals surface area contributed by atoms with E-state index in [1.54, 1.807) is 0 Å². The summed E-state index contributed by atoms with van der Waals surface area (Å²) in [5.41, 5.74) is -0.782. The lowest BCUT2D eigenvalue weighted by molar-refractivity contribution is -0.136. The molecule has 9 nitrogen and oxygen atoms in total. The summed E-state index contributed by atoms with van der Waals surface area (Å²) in [6.07, 6.45) is -0.512. The molecule has 0 radical (unpaired) electrons. The van der Waals surface area contributed by atoms with E-state index in [0.29, 0.717) is 0 Å². The quantitative estimate of drug-likeness (QED) is 0.461. The normalized spacial score (nSPS) is 13.2. The Labute approximate surface area is 152 Å². The molecule has 140 valence electrons. The van der Waals surface area contributed by atoms with E-state index < -0.39 is 62.5 Å². The molecule has 0 amide bonds. The van der Waals surface area contributed by atoms with E-state index in [9.17, 15) is 33.0 Å². The molecule has 10 heteroatoms. The molecule has 2 aromatic carbocycles. The van der Waals surface area contributed by atoms with Crippen molar-refractivity contribution < 1.29 is 38.1 Å². The number of fused-ring (bicyclic) bond motifs is 2. The van der Waals surface area contributed by atoms with Crippen molar-refractivity contribution in [1.82, 2.24) is 4.72 Å². The molecule has 0 heterocycles. The Morgan fingerprint density at radius 1 is 0.963 bits per heavy atom. The number of hydrogen-bond acceptors (Lipinski definition) is 7. The van der Waals surface area contributed by atoms with Gasteiger partial charge in [-0.1, -0.05) is 24.3 Å². The molecule has 0 atom stereocenters. The number of sulfonamides is 1. The predicted octanol–water partition coefficient (Wildman–Crippen LogP) is 0.626. The number of carbonyl (C=O) groups excluding carboxylic acids is 2. The van der Waals surface area contributed by atoms with Gasteiger partial charge in [0.05, 0.1) is 12.0 Å². The number of aromatic hydroxyl groups is 2. The predicted molar refractivity (Wildman–Crippen MR) is 90.5 cm³/mol. The molecule has 0 fully saturated rings. The van der Waals surface area contributed by atoms with Gasteiger partial charge in [-0.25, -0.2) is 13.1 Å². The largest absolute Gasteiger partial charge is 0.504 e. The first-order valence-corrected chi connectivity index (χ1v) is 9.12. The lowest BCUT2D eigenvalue weighted by Crippen LogP contribution is -2.28. The summed E-state index contributed by atoms with van der Waals surface area (Å²) in [5, 5.41) is 28.9. The molecule has 0 saturated heterocycles. The molecular weight excluding hydrogens is 378 g/mol. The van der Waals surface area contributed by atoms with Crippen LogP contribution in [0.3, 0.4) is 0 Å². The second-order valence-electron chi connectivity index (χ2n) is 5.74. The summed E-state index contributed by atoms with van der Waals surface area (Å²) in [7, 11) is -4.45. The SMILES string of the molecule is O=C(O)CCNS(=O)(=O)c1cc2c(c(O)c1O)C(=O)c1ccccc1C2=O. The second-order valence-corrected chi connectivity index (χ2v) is 7.48. The fraction of sp³-hybridized carbons (Fsp3) is 0.118. The van der Waals surface area contributed by atoms with Crippen LogP contribution in [0.2, 0.25) is 0 Å². The van der Waals surface area contributed by atoms with Crippen LogP contribution in [0.4, 0.5) is 0 Å². The molecule has 0 saturated carbocycles. The van der Waals surface area contributed by atoms with Gasteiger partial charge in [0.2, 0.25) is 10.0 Å². The first-order valence-electron chi connectivity index (χ1n) is 7.64. The fourth-order valence-corrected chi connectivity index (χ4v) is 3.93. The minimum Gasteiger partial charge on any atom is -0.504 e. The maximum atomic E-state index is 12.7. The van der Waals surface area contributed by atoms with E-state index in [4.69, 9.17) is 5.11 Å². The van der Waals surface area contributed by atoms with Gasteiger partial charge in [-0.05, 0) is 6.07 Å². The zero-order chi connectivity index (χ0) is 19.9. The van der Waals surface area contributed by atoms with Crippen molar-refractivity contribution in [1.29, 1.82) is 0 Å². The van der Waals surface area contributed by atoms with E-state index in [1.807, 2.05) is 4.72 Å². The Morgan fingerprint density at radius 3 is 2.15 bits per heavy atom. The van der Waals surface area contributed by atoms with Crippen molar-refractivity contribution in [3.63, 3.8) is 0 Å². The standard InChI is InChI=1S/C17H13NO8S/c19-12(20)5-6-18-27(25,26)11-7-10-13(17(24)16(11)23)15(22)9-4-2-1-3-8(9)14(10)21/h1-4,7,18,23-24H,5-6H2,(H,19,20). The zero-order valence-corrected chi connectivity index (χ0v) is 14.4. The molecule has 0 bridgehead atoms. The lowest BCUT2D eigenvalue weighted by Gasteiger charge is -2.20. The number of phenolic OH excluding ortho intramolecular Hbond substituents is 2. The van der Waals surface area contributed by atoms with Crippen LogP contribution in [-0.4, -0.2) is 47.8 Å². The van der Waals surface area contributed by atoms with Crippen molar-refractivity contribution in [2.24, 2.45) is 0 Å². The van der Waals surface area contributed by atoms with Gasteiger partial charge in [-0.3, -0.25) is 14.4 Å². The first kappa shape index (κ1) is 18.5. The fourth-order valence-electron chi connectivity index (χ4n) is 2.78. The van der Waals surface area contributed by atoms with Crippen molar-refractivity contribution in [2.45, 2.75) is 11.3 Å². The van der Waals surface area contributed by atoms with Crippen LogP contribution in [0.25, 0.3) is 0 Å². The maximum absolute atomic E-state index is 12.7. The summed E-state index contributed by atoms with van der Waals surface area (Å²) in [6.45, 7) is -0.468. The molecule has 1 aliphatic carbocycles. The highest BCUT2D eigenvalue weighted by molar-refractivity contribution is 7.89. The van der Waals surface area contributed by atoms with E-state index in [1.165, 1.54) is 24.3 Å². The third-order valence-electron chi connectivity index (χ3n) is 4.05. The van der Waals surface area contributed by atoms with Gasteiger partial charge in [-0.2, -0.15) is 0 Å². The monoisotopic (exact) mass is 391 g/mol. The van der Waals surface area contributed by atoms with Gasteiger partial charge in [-0.15, -0.1) is 0 Å². The van der Waals surface area contributed by atoms with Gasteiger partial charge >= 0.3 is 5.97 Å². The van der Waals surface area contributed by atoms with E-state index in [2.05, 4.69) is 0 Å². The number of ketones is 2. The minimum absolute atomic E-state index is 0.0277. The average molecular weight is 391 g/mol. The smallest absolute Gasteiger partial charge is 0.304 e. The summed E-state index contributed by atoms with van der Waals surface area (Å²) < 4.78 is 26.6. The zero-order valence-electron chi connectivity index (χ0n) is 13.6. The second kappa shape index (κ2) is 6.49. The van der Waals surface area contributed by atoms with Gasteiger partial charge in [0.25, 0.3) is 0 Å². The Hall–Kier alpha value is -3.24. The summed E-state index contributed by atoms with van der Waals surface area (Å²) in [6, 6.07) is 6.62. The molecular formula is C17H13NO8S. The number of carbonyl (C=O) groups is 3. The minimum atomic E-state index is -4.45. The van der Waals surface area contributed by atoms with Crippen molar-refractivity contribution >= 4 is 27.6 Å². The van der Waals surface area contributed by atoms with Gasteiger partial charge in [0.1, 0.15) is 4.90 Å². The number of rotatable bonds is 5. The molecule has 0 unspecified atom stereocenters. The highest BCUT2D eigenvalue weighted by atomic mass is 32.2. The number of aliphatic carboxylic acids is 1. The van der Waals surface area contributed by atoms with Crippen molar-refractivity contribution in [3.05, 3.63) is 52.6 Å². The maximum Gasteiger partial charge on any atom is 0.304 e. The van der Waals surface area contributed by atoms with Gasteiger partial charge < -0.3 is 15.3 Å². The average Bonchev–Trinajstić information content (AvgIpc) is 2.61. The number of carboxylic acid groups (broad SMARTS) is 1. The molecule has 2 aromatic rings. The Balaban J connectivity index is 2.14. The third-order valence-corrected chi connectivity index (χ3v) is 5.52. The van der Waals surface area contributed by atoms with Crippen LogP contribution in [0, 0.1) is 0 Å². The van der Waals surface area contributed by atoms with Crippen LogP contribution in [-0.2, 0) is 14.8 Å². The van der Waals surface area contributed by atoms with Crippen LogP contribution < -0.4 is 4.72 Å². The van der Waals surface area contributed by atoms with Crippen LogP contribution in [0.1, 0.15) is 38.3 Å². The van der Waals surface area contributed by atoms with Crippen LogP contribution in [0.5, 0.6) is 11.5 Å². The molecule has 0 aromatic heterocycles. The van der Waals surface area contributed by atoms with E-state index >= 15 is 0 Å². The number of nitrogens with one attached hydrogen (secondary N) is 1. The summed E-state index contributed by atoms with van der Waals surface area (Å²) in [5.74, 6) is -4.78. The number of hydrogen-bond donors (Lipinski definition) is 4. The topological polar surface area (TPSA) is 158 Å². The Morgan fingerprint density at radius 2 is 1.56 bits per heavy atom. The Bertz CT molecular complexity index is 1100. The molecule has 0 spiro atoms. The van der Waals surface area contributed by atoms with Gasteiger partial charge in [0, 0.05) is 23.2 Å². The summed E-state index contributed by atoms with van der Waals surface area (Å²) >= 11 is 0. The lowest BCUT2D eigenvalue weighted by atomic mass is 9.83. The number of phenols is 2. The van der Waals surface area contributed by atoms with Gasteiger partial charge in [0.15, 0.2) is 23.1 Å². The molecule has 27 heavy (non-hydrogen) atoms. The van der Waals surface area contributed by atoms with Crippen LogP contribution in [0.15, 0.2) is 35.2 Å². The summed E-state index contributed by atoms with van der Waals surface area (Å²) in [4.78, 5) is 34.9. The molecule has 1 aliphatic rings. The highest BCUT2D eigenvalue weighted by Crippen LogP contribution is 2.42. The number of benzene rings is 2. The highest BCUT2D eigenvalue weighted by Gasteiger charge is 2.36. The third kappa shape index (κ3) is 3.04. The van der Waals surface area contributed by atoms with Crippen molar-refractivity contribution in [2.75, 3.05) is 6.54 Å². The first-order chi connectivity index (χ1) is 12.6. The molecule has 4 N–H and O–H groups in total. The molecule has 0 aliphatic heterocycles. The Kier molecular flexibility index (Phi) is 4.46. The van der Waals surface area contributed by atoms with E-state index in [-0.39, 0.29) is 16.7 Å². The molecule has 3 rings (SSSR count). The van der Waals surface area contributed by atoms with Crippen molar-refractivity contribution in [3.8, 4) is 11.5 Å². The van der Waals surface area contributed by atoms with E-state index in [0.717, 1.165) is 6.07 Å².